The second-order valence-corrected chi connectivity index (χ2v) is 5.03. The Bertz CT molecular complexity index is 443. The first kappa shape index (κ1) is 13.4. The highest BCUT2D eigenvalue weighted by Crippen LogP contribution is 2.25. The Kier molecular flexibility index (Phi) is 4.25. The minimum absolute atomic E-state index is 0. The number of nitrogens with one attached hydrogen (secondary N) is 2. The molecule has 0 unspecified atom stereocenters. The van der Waals surface area contributed by atoms with Gasteiger partial charge in [-0.25, -0.2) is 0 Å². The SMILES string of the molecule is Cl.O=C(NCC1CNC1)c1cccc2c1CCC2. The molecule has 1 aromatic rings. The van der Waals surface area contributed by atoms with Crippen LogP contribution in [-0.4, -0.2) is 25.5 Å². The van der Waals surface area contributed by atoms with Crippen molar-refractivity contribution in [1.29, 1.82) is 0 Å². The summed E-state index contributed by atoms with van der Waals surface area (Å²) < 4.78 is 0. The average Bonchev–Trinajstić information content (AvgIpc) is 2.74. The maximum Gasteiger partial charge on any atom is 0.251 e. The van der Waals surface area contributed by atoms with Crippen molar-refractivity contribution >= 4 is 18.3 Å². The molecule has 1 aliphatic heterocycles. The number of rotatable bonds is 3. The molecular weight excluding hydrogens is 248 g/mol. The zero-order valence-corrected chi connectivity index (χ0v) is 11.2. The van der Waals surface area contributed by atoms with Crippen molar-refractivity contribution in [3.8, 4) is 0 Å². The van der Waals surface area contributed by atoms with Crippen LogP contribution in [0, 0.1) is 5.92 Å². The summed E-state index contributed by atoms with van der Waals surface area (Å²) in [5, 5.41) is 6.27. The van der Waals surface area contributed by atoms with Gasteiger partial charge in [-0.1, -0.05) is 12.1 Å². The van der Waals surface area contributed by atoms with E-state index in [4.69, 9.17) is 0 Å². The summed E-state index contributed by atoms with van der Waals surface area (Å²) in [5.74, 6) is 0.728. The third-order valence-electron chi connectivity index (χ3n) is 3.81. The van der Waals surface area contributed by atoms with Crippen molar-refractivity contribution in [1.82, 2.24) is 10.6 Å². The number of hydrogen-bond acceptors (Lipinski definition) is 2. The molecule has 1 amide bonds. The van der Waals surface area contributed by atoms with Gasteiger partial charge in [0.05, 0.1) is 0 Å². The van der Waals surface area contributed by atoms with Gasteiger partial charge in [-0.2, -0.15) is 0 Å². The van der Waals surface area contributed by atoms with Gasteiger partial charge >= 0.3 is 0 Å². The Labute approximate surface area is 114 Å². The smallest absolute Gasteiger partial charge is 0.251 e. The fourth-order valence-electron chi connectivity index (χ4n) is 2.66. The molecule has 18 heavy (non-hydrogen) atoms. The van der Waals surface area contributed by atoms with Crippen LogP contribution in [0.25, 0.3) is 0 Å². The lowest BCUT2D eigenvalue weighted by Crippen LogP contribution is -2.48. The lowest BCUT2D eigenvalue weighted by Gasteiger charge is -2.27. The topological polar surface area (TPSA) is 41.1 Å². The minimum atomic E-state index is 0. The highest BCUT2D eigenvalue weighted by molar-refractivity contribution is 5.96. The molecule has 3 nitrogen and oxygen atoms in total. The van der Waals surface area contributed by atoms with E-state index >= 15 is 0 Å². The number of benzene rings is 1. The number of amides is 1. The van der Waals surface area contributed by atoms with Gasteiger partial charge in [-0.3, -0.25) is 4.79 Å². The van der Waals surface area contributed by atoms with E-state index in [0.29, 0.717) is 5.92 Å². The Hall–Kier alpha value is -1.06. The van der Waals surface area contributed by atoms with Crippen molar-refractivity contribution in [2.75, 3.05) is 19.6 Å². The summed E-state index contributed by atoms with van der Waals surface area (Å²) in [6.45, 7) is 2.87. The maximum absolute atomic E-state index is 12.1. The average molecular weight is 267 g/mol. The fraction of sp³-hybridized carbons (Fsp3) is 0.500. The number of halogens is 1. The van der Waals surface area contributed by atoms with Crippen molar-refractivity contribution < 1.29 is 4.79 Å². The second-order valence-electron chi connectivity index (χ2n) is 5.03. The number of carbonyl (C=O) groups excluding carboxylic acids is 1. The van der Waals surface area contributed by atoms with E-state index in [2.05, 4.69) is 16.7 Å². The zero-order chi connectivity index (χ0) is 11.7. The maximum atomic E-state index is 12.1. The van der Waals surface area contributed by atoms with Gasteiger partial charge in [0.1, 0.15) is 0 Å². The molecule has 98 valence electrons. The largest absolute Gasteiger partial charge is 0.352 e. The summed E-state index contributed by atoms with van der Waals surface area (Å²) >= 11 is 0. The molecule has 2 N–H and O–H groups in total. The highest BCUT2D eigenvalue weighted by atomic mass is 35.5. The standard InChI is InChI=1S/C14H18N2O.ClH/c17-14(16-9-10-7-15-8-10)13-6-2-4-11-3-1-5-12(11)13;/h2,4,6,10,15H,1,3,5,7-9H2,(H,16,17);1H. The van der Waals surface area contributed by atoms with Crippen molar-refractivity contribution in [2.45, 2.75) is 19.3 Å². The first-order chi connectivity index (χ1) is 8.34. The molecule has 0 bridgehead atoms. The summed E-state index contributed by atoms with van der Waals surface area (Å²) in [4.78, 5) is 12.1. The second kappa shape index (κ2) is 5.72. The van der Waals surface area contributed by atoms with Crippen LogP contribution < -0.4 is 10.6 Å². The van der Waals surface area contributed by atoms with Gasteiger partial charge in [0, 0.05) is 31.1 Å². The predicted octanol–water partition coefficient (Wildman–Crippen LogP) is 1.55. The zero-order valence-electron chi connectivity index (χ0n) is 10.4. The van der Waals surface area contributed by atoms with E-state index in [9.17, 15) is 4.79 Å². The summed E-state index contributed by atoms with van der Waals surface area (Å²) in [6.07, 6.45) is 3.37. The Morgan fingerprint density at radius 1 is 1.33 bits per heavy atom. The van der Waals surface area contributed by atoms with Crippen LogP contribution in [0.4, 0.5) is 0 Å². The number of fused-ring (bicyclic) bond motifs is 1. The molecule has 1 aromatic carbocycles. The van der Waals surface area contributed by atoms with E-state index in [0.717, 1.165) is 38.0 Å². The Balaban J connectivity index is 0.00000120. The van der Waals surface area contributed by atoms with Gasteiger partial charge in [0.15, 0.2) is 0 Å². The lowest BCUT2D eigenvalue weighted by atomic mass is 10.0. The summed E-state index contributed by atoms with van der Waals surface area (Å²) in [5.41, 5.74) is 3.53. The van der Waals surface area contributed by atoms with Gasteiger partial charge in [0.2, 0.25) is 0 Å². The van der Waals surface area contributed by atoms with Crippen molar-refractivity contribution in [2.24, 2.45) is 5.92 Å². The Morgan fingerprint density at radius 2 is 2.17 bits per heavy atom. The van der Waals surface area contributed by atoms with E-state index in [-0.39, 0.29) is 18.3 Å². The molecule has 0 aromatic heterocycles. The third kappa shape index (κ3) is 2.52. The van der Waals surface area contributed by atoms with Gasteiger partial charge in [0.25, 0.3) is 5.91 Å². The van der Waals surface area contributed by atoms with Gasteiger partial charge in [-0.05, 0) is 36.5 Å². The number of aryl methyl sites for hydroxylation is 1. The lowest BCUT2D eigenvalue weighted by molar-refractivity contribution is 0.0941. The van der Waals surface area contributed by atoms with Crippen LogP contribution in [0.3, 0.4) is 0 Å². The van der Waals surface area contributed by atoms with Crippen LogP contribution in [0.2, 0.25) is 0 Å². The molecule has 0 spiro atoms. The van der Waals surface area contributed by atoms with Gasteiger partial charge < -0.3 is 10.6 Å². The predicted molar refractivity (Wildman–Crippen MR) is 74.4 cm³/mol. The van der Waals surface area contributed by atoms with Crippen LogP contribution in [0.1, 0.15) is 27.9 Å². The minimum Gasteiger partial charge on any atom is -0.352 e. The number of hydrogen-bond donors (Lipinski definition) is 2. The molecule has 1 saturated heterocycles. The normalized spacial score (nSPS) is 17.6. The van der Waals surface area contributed by atoms with Crippen LogP contribution in [-0.2, 0) is 12.8 Å². The molecular formula is C14H19ClN2O. The van der Waals surface area contributed by atoms with E-state index in [1.807, 2.05) is 12.1 Å². The highest BCUT2D eigenvalue weighted by Gasteiger charge is 2.21. The molecule has 2 aliphatic rings. The molecule has 1 fully saturated rings. The monoisotopic (exact) mass is 266 g/mol. The summed E-state index contributed by atoms with van der Waals surface area (Å²) in [7, 11) is 0. The van der Waals surface area contributed by atoms with E-state index in [1.54, 1.807) is 0 Å². The molecule has 4 heteroatoms. The quantitative estimate of drug-likeness (QED) is 0.872. The molecule has 1 aliphatic carbocycles. The molecule has 0 atom stereocenters. The first-order valence-corrected chi connectivity index (χ1v) is 6.44. The number of carbonyl (C=O) groups is 1. The van der Waals surface area contributed by atoms with Gasteiger partial charge in [-0.15, -0.1) is 12.4 Å². The van der Waals surface area contributed by atoms with Crippen LogP contribution in [0.15, 0.2) is 18.2 Å². The molecule has 3 rings (SSSR count). The first-order valence-electron chi connectivity index (χ1n) is 6.44. The molecule has 0 saturated carbocycles. The molecule has 0 radical (unpaired) electrons. The van der Waals surface area contributed by atoms with Crippen LogP contribution >= 0.6 is 12.4 Å². The van der Waals surface area contributed by atoms with Crippen molar-refractivity contribution in [3.05, 3.63) is 34.9 Å². The van der Waals surface area contributed by atoms with E-state index in [1.165, 1.54) is 17.5 Å². The van der Waals surface area contributed by atoms with Crippen LogP contribution in [0.5, 0.6) is 0 Å². The van der Waals surface area contributed by atoms with Crippen molar-refractivity contribution in [3.63, 3.8) is 0 Å². The Morgan fingerprint density at radius 3 is 2.89 bits per heavy atom. The summed E-state index contributed by atoms with van der Waals surface area (Å²) in [6, 6.07) is 6.11. The molecule has 1 heterocycles. The fourth-order valence-corrected chi connectivity index (χ4v) is 2.66. The third-order valence-corrected chi connectivity index (χ3v) is 3.81. The van der Waals surface area contributed by atoms with E-state index < -0.39 is 0 Å².